The van der Waals surface area contributed by atoms with E-state index >= 15 is 0 Å². The van der Waals surface area contributed by atoms with Crippen LogP contribution in [0.1, 0.15) is 37.0 Å². The number of benzene rings is 1. The molecule has 0 N–H and O–H groups in total. The number of piperidine rings is 1. The van der Waals surface area contributed by atoms with Crippen LogP contribution >= 0.6 is 0 Å². The molecule has 1 aromatic carbocycles. The second-order valence-corrected chi connectivity index (χ2v) is 5.63. The Morgan fingerprint density at radius 1 is 1.37 bits per heavy atom. The van der Waals surface area contributed by atoms with Crippen LogP contribution in [0.4, 0.5) is 0 Å². The van der Waals surface area contributed by atoms with E-state index < -0.39 is 0 Å². The molecule has 0 aromatic heterocycles. The van der Waals surface area contributed by atoms with Crippen molar-refractivity contribution in [3.63, 3.8) is 0 Å². The monoisotopic (exact) mass is 261 g/mol. The van der Waals surface area contributed by atoms with Crippen LogP contribution in [-0.2, 0) is 4.74 Å². The number of Topliss-reactive ketones (excluding diaryl/α,β-unsaturated/α-hetero) is 1. The van der Waals surface area contributed by atoms with Crippen LogP contribution < -0.4 is 0 Å². The lowest BCUT2D eigenvalue weighted by molar-refractivity contribution is -0.0563. The molecular formula is C16H23NO2. The Morgan fingerprint density at radius 3 is 2.68 bits per heavy atom. The highest BCUT2D eigenvalue weighted by molar-refractivity contribution is 5.99. The molecule has 0 aliphatic carbocycles. The Kier molecular flexibility index (Phi) is 4.38. The van der Waals surface area contributed by atoms with Gasteiger partial charge >= 0.3 is 0 Å². The number of carbonyl (C=O) groups excluding carboxylic acids is 1. The van der Waals surface area contributed by atoms with Crippen LogP contribution in [-0.4, -0.2) is 42.5 Å². The number of likely N-dealkylation sites (tertiary alicyclic amines) is 1. The predicted molar refractivity (Wildman–Crippen MR) is 76.5 cm³/mol. The number of hydrogen-bond acceptors (Lipinski definition) is 3. The molecule has 0 bridgehead atoms. The van der Waals surface area contributed by atoms with Gasteiger partial charge in [-0.25, -0.2) is 0 Å². The SMILES string of the molecule is COC1(C)CCCN(C(C)C(=O)c2ccccc2)C1. The highest BCUT2D eigenvalue weighted by Gasteiger charge is 2.34. The summed E-state index contributed by atoms with van der Waals surface area (Å²) < 4.78 is 5.59. The van der Waals surface area contributed by atoms with E-state index in [2.05, 4.69) is 11.8 Å². The molecule has 0 spiro atoms. The second kappa shape index (κ2) is 5.85. The fraction of sp³-hybridized carbons (Fsp3) is 0.562. The largest absolute Gasteiger partial charge is 0.377 e. The fourth-order valence-electron chi connectivity index (χ4n) is 2.75. The Morgan fingerprint density at radius 2 is 2.05 bits per heavy atom. The summed E-state index contributed by atoms with van der Waals surface area (Å²) in [5, 5.41) is 0. The predicted octanol–water partition coefficient (Wildman–Crippen LogP) is 2.76. The van der Waals surface area contributed by atoms with E-state index in [1.807, 2.05) is 37.3 Å². The lowest BCUT2D eigenvalue weighted by Crippen LogP contribution is -2.52. The van der Waals surface area contributed by atoms with Gasteiger partial charge in [0.25, 0.3) is 0 Å². The third-order valence-electron chi connectivity index (χ3n) is 4.17. The highest BCUT2D eigenvalue weighted by Crippen LogP contribution is 2.26. The first-order chi connectivity index (χ1) is 9.06. The second-order valence-electron chi connectivity index (χ2n) is 5.63. The van der Waals surface area contributed by atoms with E-state index in [-0.39, 0.29) is 17.4 Å². The van der Waals surface area contributed by atoms with E-state index in [1.54, 1.807) is 7.11 Å². The van der Waals surface area contributed by atoms with Gasteiger partial charge in [0, 0.05) is 19.2 Å². The van der Waals surface area contributed by atoms with Crippen LogP contribution in [0.3, 0.4) is 0 Å². The normalized spacial score (nSPS) is 26.1. The average molecular weight is 261 g/mol. The van der Waals surface area contributed by atoms with E-state index in [4.69, 9.17) is 4.74 Å². The van der Waals surface area contributed by atoms with Crippen molar-refractivity contribution < 1.29 is 9.53 Å². The molecule has 0 radical (unpaired) electrons. The summed E-state index contributed by atoms with van der Waals surface area (Å²) in [5.41, 5.74) is 0.670. The number of nitrogens with zero attached hydrogens (tertiary/aromatic N) is 1. The van der Waals surface area contributed by atoms with Crippen molar-refractivity contribution in [2.75, 3.05) is 20.2 Å². The van der Waals surface area contributed by atoms with Crippen molar-refractivity contribution in [1.82, 2.24) is 4.90 Å². The molecule has 1 heterocycles. The minimum absolute atomic E-state index is 0.0859. The Balaban J connectivity index is 2.07. The van der Waals surface area contributed by atoms with Gasteiger partial charge in [-0.05, 0) is 33.2 Å². The van der Waals surface area contributed by atoms with E-state index in [0.29, 0.717) is 0 Å². The van der Waals surface area contributed by atoms with Crippen LogP contribution in [0.25, 0.3) is 0 Å². The number of ether oxygens (including phenoxy) is 1. The maximum Gasteiger partial charge on any atom is 0.179 e. The molecule has 0 amide bonds. The molecule has 2 atom stereocenters. The number of rotatable bonds is 4. The number of carbonyl (C=O) groups is 1. The zero-order valence-corrected chi connectivity index (χ0v) is 12.1. The molecule has 1 fully saturated rings. The lowest BCUT2D eigenvalue weighted by Gasteiger charge is -2.41. The zero-order chi connectivity index (χ0) is 13.9. The highest BCUT2D eigenvalue weighted by atomic mass is 16.5. The molecule has 19 heavy (non-hydrogen) atoms. The van der Waals surface area contributed by atoms with Crippen LogP contribution in [0.15, 0.2) is 30.3 Å². The van der Waals surface area contributed by atoms with Crippen molar-refractivity contribution in [1.29, 1.82) is 0 Å². The number of methoxy groups -OCH3 is 1. The Hall–Kier alpha value is -1.19. The minimum atomic E-state index is -0.122. The minimum Gasteiger partial charge on any atom is -0.377 e. The summed E-state index contributed by atoms with van der Waals surface area (Å²) >= 11 is 0. The Bertz CT molecular complexity index is 432. The molecule has 3 nitrogen and oxygen atoms in total. The number of hydrogen-bond donors (Lipinski definition) is 0. The fourth-order valence-corrected chi connectivity index (χ4v) is 2.75. The molecular weight excluding hydrogens is 238 g/mol. The summed E-state index contributed by atoms with van der Waals surface area (Å²) in [6.45, 7) is 5.91. The summed E-state index contributed by atoms with van der Waals surface area (Å²) in [6, 6.07) is 9.45. The summed E-state index contributed by atoms with van der Waals surface area (Å²) in [5.74, 6) is 0.195. The summed E-state index contributed by atoms with van der Waals surface area (Å²) in [4.78, 5) is 14.7. The quantitative estimate of drug-likeness (QED) is 0.781. The first-order valence-electron chi connectivity index (χ1n) is 6.94. The molecule has 1 aliphatic rings. The maximum atomic E-state index is 12.5. The van der Waals surface area contributed by atoms with Gasteiger partial charge in [0.1, 0.15) is 0 Å². The molecule has 2 unspecified atom stereocenters. The maximum absolute atomic E-state index is 12.5. The van der Waals surface area contributed by atoms with Gasteiger partial charge in [0.05, 0.1) is 11.6 Å². The topological polar surface area (TPSA) is 29.5 Å². The van der Waals surface area contributed by atoms with Gasteiger partial charge < -0.3 is 4.74 Å². The Labute approximate surface area is 115 Å². The van der Waals surface area contributed by atoms with Gasteiger partial charge in [0.2, 0.25) is 0 Å². The van der Waals surface area contributed by atoms with Crippen LogP contribution in [0.2, 0.25) is 0 Å². The third kappa shape index (κ3) is 3.23. The molecule has 1 aromatic rings. The van der Waals surface area contributed by atoms with E-state index in [9.17, 15) is 4.79 Å². The van der Waals surface area contributed by atoms with Gasteiger partial charge in [-0.3, -0.25) is 9.69 Å². The van der Waals surface area contributed by atoms with E-state index in [1.165, 1.54) is 0 Å². The standard InChI is InChI=1S/C16H23NO2/c1-13(15(18)14-8-5-4-6-9-14)17-11-7-10-16(2,12-17)19-3/h4-6,8-9,13H,7,10-12H2,1-3H3. The average Bonchev–Trinajstić information content (AvgIpc) is 2.46. The third-order valence-corrected chi connectivity index (χ3v) is 4.17. The zero-order valence-electron chi connectivity index (χ0n) is 12.1. The number of ketones is 1. The molecule has 104 valence electrons. The lowest BCUT2D eigenvalue weighted by atomic mass is 9.92. The van der Waals surface area contributed by atoms with Crippen LogP contribution in [0, 0.1) is 0 Å². The summed E-state index contributed by atoms with van der Waals surface area (Å²) in [7, 11) is 1.76. The smallest absolute Gasteiger partial charge is 0.179 e. The van der Waals surface area contributed by atoms with Crippen molar-refractivity contribution >= 4 is 5.78 Å². The van der Waals surface area contributed by atoms with Gasteiger partial charge in [-0.15, -0.1) is 0 Å². The van der Waals surface area contributed by atoms with Crippen LogP contribution in [0.5, 0.6) is 0 Å². The molecule has 1 saturated heterocycles. The summed E-state index contributed by atoms with van der Waals surface area (Å²) in [6.07, 6.45) is 2.14. The van der Waals surface area contributed by atoms with Gasteiger partial charge in [0.15, 0.2) is 5.78 Å². The first kappa shape index (κ1) is 14.2. The van der Waals surface area contributed by atoms with Crippen molar-refractivity contribution in [3.05, 3.63) is 35.9 Å². The molecule has 2 rings (SSSR count). The van der Waals surface area contributed by atoms with E-state index in [0.717, 1.165) is 31.5 Å². The van der Waals surface area contributed by atoms with Gasteiger partial charge in [-0.2, -0.15) is 0 Å². The molecule has 0 saturated carbocycles. The van der Waals surface area contributed by atoms with Crippen molar-refractivity contribution in [2.24, 2.45) is 0 Å². The molecule has 1 aliphatic heterocycles. The van der Waals surface area contributed by atoms with Crippen molar-refractivity contribution in [3.8, 4) is 0 Å². The van der Waals surface area contributed by atoms with Crippen molar-refractivity contribution in [2.45, 2.75) is 38.3 Å². The molecule has 3 heteroatoms. The first-order valence-corrected chi connectivity index (χ1v) is 6.94. The van der Waals surface area contributed by atoms with Gasteiger partial charge in [-0.1, -0.05) is 30.3 Å².